The van der Waals surface area contributed by atoms with Crippen molar-refractivity contribution in [2.75, 3.05) is 5.32 Å². The predicted molar refractivity (Wildman–Crippen MR) is 246 cm³/mol. The summed E-state index contributed by atoms with van der Waals surface area (Å²) < 4.78 is 190. The number of carbonyl (C=O) groups is 1. The van der Waals surface area contributed by atoms with Crippen molar-refractivity contribution in [3.05, 3.63) is 178 Å². The number of benzene rings is 5. The summed E-state index contributed by atoms with van der Waals surface area (Å²) in [6.07, 6.45) is -21.5. The number of hydrogen-bond acceptors (Lipinski definition) is 3. The molecule has 1 amide bonds. The van der Waals surface area contributed by atoms with E-state index in [2.05, 4.69) is 15.3 Å². The molecule has 71 heavy (non-hydrogen) atoms. The van der Waals surface area contributed by atoms with Gasteiger partial charge >= 0.3 is 60.0 Å². The van der Waals surface area contributed by atoms with Gasteiger partial charge in [-0.25, -0.2) is 13.8 Å². The zero-order valence-electron chi connectivity index (χ0n) is 36.2. The van der Waals surface area contributed by atoms with Gasteiger partial charge in [0.1, 0.15) is 17.5 Å². The normalized spacial score (nSPS) is 12.4. The number of nitrogens with one attached hydrogen (secondary N) is 2. The molecule has 380 valence electrons. The zero-order valence-corrected chi connectivity index (χ0v) is 41.8. The number of alkyl halides is 12. The van der Waals surface area contributed by atoms with E-state index in [1.54, 1.807) is 30.3 Å². The van der Waals surface area contributed by atoms with Gasteiger partial charge < -0.3 is 10.3 Å². The maximum absolute atomic E-state index is 13.6. The van der Waals surface area contributed by atoms with Crippen molar-refractivity contribution < 1.29 is 82.7 Å². The van der Waals surface area contributed by atoms with Crippen LogP contribution in [0.25, 0.3) is 10.8 Å². The first kappa shape index (κ1) is 57.0. The van der Waals surface area contributed by atoms with Gasteiger partial charge in [-0.2, -0.15) is 52.7 Å². The van der Waals surface area contributed by atoms with Crippen molar-refractivity contribution in [1.29, 1.82) is 0 Å². The Bertz CT molecular complexity index is 2850. The van der Waals surface area contributed by atoms with E-state index in [1.807, 2.05) is 24.3 Å². The molecule has 2 N–H and O–H groups in total. The second-order valence-electron chi connectivity index (χ2n) is 15.9. The number of aromatic amines is 1. The Balaban J connectivity index is 0.000000274. The van der Waals surface area contributed by atoms with Gasteiger partial charge in [0, 0.05) is 26.6 Å². The third-order valence-corrected chi connectivity index (χ3v) is 14.3. The Morgan fingerprint density at radius 3 is 1.35 bits per heavy atom. The van der Waals surface area contributed by atoms with Gasteiger partial charge in [0.05, 0.1) is 33.1 Å². The first-order valence-corrected chi connectivity index (χ1v) is 28.2. The number of H-pyrrole nitrogens is 1. The minimum absolute atomic E-state index is 0.171. The molecule has 0 fully saturated rings. The van der Waals surface area contributed by atoms with Gasteiger partial charge in [0.15, 0.2) is 0 Å². The molecule has 5 aromatic carbocycles. The number of amides is 1. The van der Waals surface area contributed by atoms with Crippen LogP contribution in [0.4, 0.5) is 67.3 Å². The molecule has 0 unspecified atom stereocenters. The van der Waals surface area contributed by atoms with Crippen LogP contribution in [-0.2, 0) is 46.0 Å². The Morgan fingerprint density at radius 1 is 0.549 bits per heavy atom. The van der Waals surface area contributed by atoms with Gasteiger partial charge in [-0.1, -0.05) is 69.3 Å². The number of anilines is 1. The number of fused-ring (bicyclic) bond motifs is 1. The van der Waals surface area contributed by atoms with Gasteiger partial charge in [-0.05, 0) is 112 Å². The molecule has 0 aliphatic rings. The van der Waals surface area contributed by atoms with E-state index in [0.717, 1.165) is 33.6 Å². The number of rotatable bonds is 7. The van der Waals surface area contributed by atoms with Crippen LogP contribution < -0.4 is 43.0 Å². The number of hydrogen-bond donors (Lipinski definition) is 2. The predicted octanol–water partition coefficient (Wildman–Crippen LogP) is 12.8. The van der Waals surface area contributed by atoms with Crippen LogP contribution in [0.2, 0.25) is 0 Å². The molecule has 2 heterocycles. The van der Waals surface area contributed by atoms with Crippen molar-refractivity contribution >= 4 is 89.3 Å². The first-order chi connectivity index (χ1) is 32.9. The molecule has 0 saturated heterocycles. The van der Waals surface area contributed by atoms with E-state index in [0.29, 0.717) is 5.39 Å². The monoisotopic (exact) mass is 1260 g/mol. The molecular weight excluding hydrogens is 1230 g/mol. The fourth-order valence-electron chi connectivity index (χ4n) is 6.39. The minimum atomic E-state index is -5.36. The van der Waals surface area contributed by atoms with Crippen molar-refractivity contribution in [1.82, 2.24) is 9.97 Å². The molecule has 7 aromatic rings. The third-order valence-electron chi connectivity index (χ3n) is 9.70. The quantitative estimate of drug-likeness (QED) is 0.123. The first-order valence-electron chi connectivity index (χ1n) is 19.8. The van der Waals surface area contributed by atoms with Crippen LogP contribution in [-0.4, -0.2) is 15.9 Å². The van der Waals surface area contributed by atoms with E-state index in [-0.39, 0.29) is 59.4 Å². The molecule has 24 heteroatoms. The third kappa shape index (κ3) is 15.3. The van der Waals surface area contributed by atoms with Crippen molar-refractivity contribution in [3.8, 4) is 0 Å². The molecule has 0 saturated carbocycles. The van der Waals surface area contributed by atoms with Gasteiger partial charge in [0.2, 0.25) is 5.91 Å². The fraction of sp³-hybridized carbons (Fsp3) is 0.170. The second-order valence-corrected chi connectivity index (χ2v) is 23.5. The van der Waals surface area contributed by atoms with Crippen molar-refractivity contribution in [2.24, 2.45) is 5.41 Å². The Labute approximate surface area is 413 Å². The summed E-state index contributed by atoms with van der Waals surface area (Å²) in [5.74, 6) is -1.57. The molecular formula is C47H33Cl2F14N3O2P2Pt. The SMILES string of the molecule is CC(C)(C)C(=O)Nc1cccc(P(c2cc(C(F)(F)F)cc(C(F)(F)F)c2)c2cc(C(F)(F)F)cc(C(F)(F)F)c2)n1.O=c1[nH]c(P(c2ccc(F)cc2)c2ccc(F)cc2)cc2ccccc12.[Cl][Pt][Cl]. The Morgan fingerprint density at radius 2 is 0.958 bits per heavy atom. The Kier molecular flexibility index (Phi) is 18.4. The van der Waals surface area contributed by atoms with E-state index in [1.165, 1.54) is 51.1 Å². The summed E-state index contributed by atoms with van der Waals surface area (Å²) in [5.41, 5.74) is -8.25. The second kappa shape index (κ2) is 22.9. The number of halogens is 16. The average molecular weight is 1270 g/mol. The zero-order chi connectivity index (χ0) is 52.9. The summed E-state index contributed by atoms with van der Waals surface area (Å²) in [6, 6.07) is 25.5. The number of aromatic nitrogens is 2. The van der Waals surface area contributed by atoms with Crippen LogP contribution in [0.5, 0.6) is 0 Å². The van der Waals surface area contributed by atoms with Gasteiger partial charge in [-0.15, -0.1) is 0 Å². The molecule has 2 aromatic heterocycles. The number of carbonyl (C=O) groups excluding carboxylic acids is 1. The summed E-state index contributed by atoms with van der Waals surface area (Å²) >= 11 is -0.472. The molecule has 0 bridgehead atoms. The van der Waals surface area contributed by atoms with Crippen LogP contribution in [0.15, 0.2) is 138 Å². The molecule has 0 radical (unpaired) electrons. The van der Waals surface area contributed by atoms with E-state index in [9.17, 15) is 71.1 Å². The molecule has 0 aliphatic heterocycles. The summed E-state index contributed by atoms with van der Waals surface area (Å²) in [6.45, 7) is 4.50. The molecule has 0 aliphatic carbocycles. The fourth-order valence-corrected chi connectivity index (χ4v) is 11.0. The van der Waals surface area contributed by atoms with Gasteiger partial charge in [0.25, 0.3) is 5.56 Å². The summed E-state index contributed by atoms with van der Waals surface area (Å²) in [5, 5.41) is 3.80. The van der Waals surface area contributed by atoms with Crippen molar-refractivity contribution in [2.45, 2.75) is 45.5 Å². The van der Waals surface area contributed by atoms with E-state index >= 15 is 0 Å². The molecule has 0 atom stereocenters. The number of pyridine rings is 2. The summed E-state index contributed by atoms with van der Waals surface area (Å²) in [7, 11) is 5.57. The molecule has 7 rings (SSSR count). The van der Waals surface area contributed by atoms with Crippen LogP contribution in [0, 0.1) is 17.0 Å². The summed E-state index contributed by atoms with van der Waals surface area (Å²) in [4.78, 5) is 31.9. The topological polar surface area (TPSA) is 74.8 Å². The number of nitrogens with zero attached hydrogens (tertiary/aromatic N) is 1. The maximum atomic E-state index is 13.6. The van der Waals surface area contributed by atoms with E-state index in [4.69, 9.17) is 18.8 Å². The van der Waals surface area contributed by atoms with Crippen LogP contribution in [0.1, 0.15) is 43.0 Å². The molecule has 5 nitrogen and oxygen atoms in total. The van der Waals surface area contributed by atoms with Crippen molar-refractivity contribution in [3.63, 3.8) is 0 Å². The standard InChI is InChI=1S/C26H19F12N2OP.C21H14F2NOP.2ClH.Pt/c1-22(2,3)21(41)40-19-5-4-6-20(39-19)42(17-9-13(23(27,28)29)7-14(10-17)24(30,31)32)18-11-15(25(33,34)35)8-16(12-18)26(36,37)38;22-15-5-9-17(10-6-15)26(18-11-7-16(23)8-12-18)20-13-14-3-1-2-4-19(14)21(25)24-20;;;/h4-12H,1-3H3,(H,39,40,41);1-13H,(H,24,25);2*1H;/q;;;;+2/p-2. The molecule has 0 spiro atoms. The van der Waals surface area contributed by atoms with Gasteiger partial charge in [-0.3, -0.25) is 9.59 Å². The van der Waals surface area contributed by atoms with Crippen LogP contribution in [0.3, 0.4) is 0 Å². The van der Waals surface area contributed by atoms with E-state index < -0.39 is 107 Å². The Hall–Kier alpha value is -4.92. The van der Waals surface area contributed by atoms with Crippen LogP contribution >= 0.6 is 34.7 Å². The average Bonchev–Trinajstić information content (AvgIpc) is 3.27.